The molecule has 1 fully saturated rings. The molecule has 1 aliphatic carbocycles. The van der Waals surface area contributed by atoms with Crippen LogP contribution in [0.15, 0.2) is 29.2 Å². The minimum Gasteiger partial charge on any atom is -0.367 e. The Morgan fingerprint density at radius 1 is 1.03 bits per heavy atom. The number of anilines is 2. The molecule has 2 aromatic rings. The van der Waals surface area contributed by atoms with Crippen LogP contribution in [0.25, 0.3) is 0 Å². The number of aromatic nitrogens is 2. The van der Waals surface area contributed by atoms with E-state index in [1.165, 1.54) is 6.07 Å². The van der Waals surface area contributed by atoms with E-state index in [9.17, 15) is 8.42 Å². The van der Waals surface area contributed by atoms with Crippen LogP contribution >= 0.6 is 11.6 Å². The molecule has 1 aliphatic rings. The average molecular weight is 438 g/mol. The van der Waals surface area contributed by atoms with E-state index in [-0.39, 0.29) is 17.0 Å². The first-order valence-electron chi connectivity index (χ1n) is 9.72. The zero-order valence-electron chi connectivity index (χ0n) is 17.2. The van der Waals surface area contributed by atoms with Gasteiger partial charge in [-0.25, -0.2) is 23.1 Å². The summed E-state index contributed by atoms with van der Waals surface area (Å²) in [5.41, 5.74) is 0.856. The van der Waals surface area contributed by atoms with Gasteiger partial charge in [-0.15, -0.1) is 0 Å². The number of hydrogen-bond donors (Lipinski definition) is 2. The number of aryl methyl sites for hydroxylation is 2. The summed E-state index contributed by atoms with van der Waals surface area (Å²) in [7, 11) is 0.320. The van der Waals surface area contributed by atoms with E-state index in [0.29, 0.717) is 5.02 Å². The monoisotopic (exact) mass is 437 g/mol. The van der Waals surface area contributed by atoms with E-state index < -0.39 is 10.0 Å². The molecule has 29 heavy (non-hydrogen) atoms. The van der Waals surface area contributed by atoms with Gasteiger partial charge >= 0.3 is 0 Å². The number of benzene rings is 1. The molecule has 158 valence electrons. The maximum Gasteiger partial charge on any atom is 0.240 e. The van der Waals surface area contributed by atoms with E-state index in [1.54, 1.807) is 12.1 Å². The summed E-state index contributed by atoms with van der Waals surface area (Å²) >= 11 is 6.09. The molecule has 0 amide bonds. The third kappa shape index (κ3) is 5.58. The molecule has 0 unspecified atom stereocenters. The molecule has 1 aromatic heterocycles. The lowest BCUT2D eigenvalue weighted by molar-refractivity contribution is 0.387. The van der Waals surface area contributed by atoms with Crippen molar-refractivity contribution in [2.75, 3.05) is 24.3 Å². The van der Waals surface area contributed by atoms with Crippen molar-refractivity contribution in [3.8, 4) is 0 Å². The number of nitrogens with zero attached hydrogens (tertiary/aromatic N) is 3. The molecule has 0 radical (unpaired) electrons. The largest absolute Gasteiger partial charge is 0.367 e. The van der Waals surface area contributed by atoms with Crippen LogP contribution in [0.3, 0.4) is 0 Å². The lowest BCUT2D eigenvalue weighted by atomic mass is 9.92. The van der Waals surface area contributed by atoms with Crippen LogP contribution in [0.2, 0.25) is 5.02 Å². The Morgan fingerprint density at radius 3 is 2.31 bits per heavy atom. The summed E-state index contributed by atoms with van der Waals surface area (Å²) in [6, 6.07) is 6.94. The zero-order chi connectivity index (χ0) is 21.2. The Balaban J connectivity index is 1.58. The normalized spacial score (nSPS) is 19.8. The van der Waals surface area contributed by atoms with Crippen molar-refractivity contribution in [2.24, 2.45) is 0 Å². The number of nitrogens with one attached hydrogen (secondary N) is 2. The van der Waals surface area contributed by atoms with Gasteiger partial charge in [0.05, 0.1) is 4.90 Å². The van der Waals surface area contributed by atoms with Gasteiger partial charge in [0.15, 0.2) is 0 Å². The Labute approximate surface area is 177 Å². The molecule has 0 saturated heterocycles. The van der Waals surface area contributed by atoms with Crippen LogP contribution in [-0.4, -0.2) is 44.6 Å². The van der Waals surface area contributed by atoms with Crippen molar-refractivity contribution in [1.29, 1.82) is 0 Å². The van der Waals surface area contributed by atoms with Crippen molar-refractivity contribution in [1.82, 2.24) is 14.7 Å². The third-order valence-corrected chi connectivity index (χ3v) is 7.06. The Bertz CT molecular complexity index is 973. The molecule has 0 atom stereocenters. The fraction of sp³-hybridized carbons (Fsp3) is 0.500. The molecule has 0 spiro atoms. The standard InChI is InChI=1S/C20H28ClN5O2S/c1-13-5-10-17(11-18(13)21)29(27,28)25-16-8-6-15(7-9-16)24-19-12-20(26(3)4)23-14(2)22-19/h5,10-12,15-16,25H,6-9H2,1-4H3,(H,22,23,24). The molecular formula is C20H28ClN5O2S. The van der Waals surface area contributed by atoms with Crippen LogP contribution in [0, 0.1) is 13.8 Å². The molecule has 7 nitrogen and oxygen atoms in total. The number of hydrogen-bond acceptors (Lipinski definition) is 6. The van der Waals surface area contributed by atoms with Gasteiger partial charge in [0.2, 0.25) is 10.0 Å². The Kier molecular flexibility index (Phi) is 6.65. The Hall–Kier alpha value is -1.90. The molecule has 1 aromatic carbocycles. The molecule has 2 N–H and O–H groups in total. The predicted octanol–water partition coefficient (Wildman–Crippen LogP) is 3.51. The molecule has 3 rings (SSSR count). The second-order valence-corrected chi connectivity index (χ2v) is 9.90. The predicted molar refractivity (Wildman–Crippen MR) is 117 cm³/mol. The molecular weight excluding hydrogens is 410 g/mol. The highest BCUT2D eigenvalue weighted by molar-refractivity contribution is 7.89. The molecule has 9 heteroatoms. The fourth-order valence-electron chi connectivity index (χ4n) is 3.45. The van der Waals surface area contributed by atoms with E-state index in [1.807, 2.05) is 38.9 Å². The molecule has 1 saturated carbocycles. The number of halogens is 1. The van der Waals surface area contributed by atoms with Crippen molar-refractivity contribution >= 4 is 33.3 Å². The van der Waals surface area contributed by atoms with Gasteiger partial charge in [0.1, 0.15) is 17.5 Å². The SMILES string of the molecule is Cc1nc(NC2CCC(NS(=O)(=O)c3ccc(C)c(Cl)c3)CC2)cc(N(C)C)n1. The third-order valence-electron chi connectivity index (χ3n) is 5.14. The van der Waals surface area contributed by atoms with Crippen LogP contribution in [-0.2, 0) is 10.0 Å². The summed E-state index contributed by atoms with van der Waals surface area (Å²) in [5, 5.41) is 3.93. The topological polar surface area (TPSA) is 87.2 Å². The van der Waals surface area contributed by atoms with Crippen molar-refractivity contribution < 1.29 is 8.42 Å². The maximum atomic E-state index is 12.7. The smallest absolute Gasteiger partial charge is 0.240 e. The minimum absolute atomic E-state index is 0.0809. The number of sulfonamides is 1. The lowest BCUT2D eigenvalue weighted by Gasteiger charge is -2.30. The maximum absolute atomic E-state index is 12.7. The number of rotatable bonds is 6. The van der Waals surface area contributed by atoms with Gasteiger partial charge in [0.25, 0.3) is 0 Å². The fourth-order valence-corrected chi connectivity index (χ4v) is 5.02. The van der Waals surface area contributed by atoms with Crippen molar-refractivity contribution in [2.45, 2.75) is 56.5 Å². The van der Waals surface area contributed by atoms with E-state index in [4.69, 9.17) is 11.6 Å². The first kappa shape index (κ1) is 21.8. The highest BCUT2D eigenvalue weighted by Gasteiger charge is 2.26. The van der Waals surface area contributed by atoms with Gasteiger partial charge in [-0.3, -0.25) is 0 Å². The van der Waals surface area contributed by atoms with Crippen molar-refractivity contribution in [3.05, 3.63) is 40.7 Å². The highest BCUT2D eigenvalue weighted by atomic mass is 35.5. The second kappa shape index (κ2) is 8.85. The van der Waals surface area contributed by atoms with Gasteiger partial charge in [-0.05, 0) is 57.2 Å². The van der Waals surface area contributed by atoms with Gasteiger partial charge in [-0.1, -0.05) is 17.7 Å². The summed E-state index contributed by atoms with van der Waals surface area (Å²) in [6.45, 7) is 3.72. The summed E-state index contributed by atoms with van der Waals surface area (Å²) in [5.74, 6) is 2.38. The van der Waals surface area contributed by atoms with Gasteiger partial charge in [-0.2, -0.15) is 0 Å². The first-order valence-corrected chi connectivity index (χ1v) is 11.6. The Morgan fingerprint density at radius 2 is 1.69 bits per heavy atom. The summed E-state index contributed by atoms with van der Waals surface area (Å²) in [4.78, 5) is 11.0. The molecule has 0 aliphatic heterocycles. The van der Waals surface area contributed by atoms with Crippen LogP contribution in [0.5, 0.6) is 0 Å². The average Bonchev–Trinajstić information content (AvgIpc) is 2.64. The van der Waals surface area contributed by atoms with E-state index >= 15 is 0 Å². The van der Waals surface area contributed by atoms with E-state index in [2.05, 4.69) is 20.0 Å². The zero-order valence-corrected chi connectivity index (χ0v) is 18.8. The highest BCUT2D eigenvalue weighted by Crippen LogP contribution is 2.25. The minimum atomic E-state index is -3.58. The molecule has 0 bridgehead atoms. The van der Waals surface area contributed by atoms with Gasteiger partial charge < -0.3 is 10.2 Å². The van der Waals surface area contributed by atoms with Crippen LogP contribution < -0.4 is 14.9 Å². The van der Waals surface area contributed by atoms with E-state index in [0.717, 1.165) is 48.7 Å². The summed E-state index contributed by atoms with van der Waals surface area (Å²) in [6.07, 6.45) is 3.26. The van der Waals surface area contributed by atoms with Crippen LogP contribution in [0.1, 0.15) is 37.1 Å². The lowest BCUT2D eigenvalue weighted by Crippen LogP contribution is -2.40. The quantitative estimate of drug-likeness (QED) is 0.719. The molecule has 1 heterocycles. The summed E-state index contributed by atoms with van der Waals surface area (Å²) < 4.78 is 28.2. The van der Waals surface area contributed by atoms with Crippen LogP contribution in [0.4, 0.5) is 11.6 Å². The second-order valence-electron chi connectivity index (χ2n) is 7.78. The van der Waals surface area contributed by atoms with Gasteiger partial charge in [0, 0.05) is 37.3 Å². The van der Waals surface area contributed by atoms with Crippen molar-refractivity contribution in [3.63, 3.8) is 0 Å². The first-order chi connectivity index (χ1) is 13.6.